The molecule has 2 heteroatoms. The van der Waals surface area contributed by atoms with E-state index in [0.29, 0.717) is 0 Å². The first-order valence-electron chi connectivity index (χ1n) is 7.59. The molecule has 118 valence electrons. The molecule has 0 amide bonds. The highest BCUT2D eigenvalue weighted by Gasteiger charge is 2.22. The average Bonchev–Trinajstić information content (AvgIpc) is 2.58. The number of phenols is 2. The van der Waals surface area contributed by atoms with E-state index in [1.165, 1.54) is 0 Å². The predicted molar refractivity (Wildman–Crippen MR) is 94.8 cm³/mol. The Bertz CT molecular complexity index is 625. The highest BCUT2D eigenvalue weighted by atomic mass is 16.3. The molecule has 0 unspecified atom stereocenters. The van der Waals surface area contributed by atoms with Gasteiger partial charge in [0.1, 0.15) is 11.5 Å². The number of hydrogen-bond acceptors (Lipinski definition) is 2. The fraction of sp³-hybridized carbons (Fsp3) is 0.143. The van der Waals surface area contributed by atoms with Gasteiger partial charge in [-0.3, -0.25) is 0 Å². The maximum atomic E-state index is 9.30. The van der Waals surface area contributed by atoms with Crippen molar-refractivity contribution in [3.8, 4) is 11.5 Å². The molecular weight excluding hydrogens is 284 g/mol. The Hall–Kier alpha value is -2.74. The van der Waals surface area contributed by atoms with E-state index in [9.17, 15) is 10.2 Å². The van der Waals surface area contributed by atoms with Crippen LogP contribution < -0.4 is 0 Å². The summed E-state index contributed by atoms with van der Waals surface area (Å²) in [5.74, 6) is 0.547. The van der Waals surface area contributed by atoms with E-state index >= 15 is 0 Å². The molecule has 0 aromatic heterocycles. The second-order valence-electron chi connectivity index (χ2n) is 5.87. The second-order valence-corrected chi connectivity index (χ2v) is 5.87. The molecule has 0 fully saturated rings. The number of hydrogen-bond donors (Lipinski definition) is 2. The summed E-state index contributed by atoms with van der Waals surface area (Å²) in [6.45, 7) is 4.23. The molecule has 23 heavy (non-hydrogen) atoms. The van der Waals surface area contributed by atoms with Crippen molar-refractivity contribution < 1.29 is 10.2 Å². The van der Waals surface area contributed by atoms with Crippen molar-refractivity contribution >= 4 is 0 Å². The second kappa shape index (κ2) is 7.50. The average molecular weight is 306 g/mol. The summed E-state index contributed by atoms with van der Waals surface area (Å²) < 4.78 is 0. The van der Waals surface area contributed by atoms with Crippen molar-refractivity contribution in [3.63, 3.8) is 0 Å². The summed E-state index contributed by atoms with van der Waals surface area (Å²) in [6, 6.07) is 26.4. The normalized spacial score (nSPS) is 10.5. The van der Waals surface area contributed by atoms with Crippen LogP contribution in [0, 0.1) is 0 Å². The predicted octanol–water partition coefficient (Wildman–Crippen LogP) is 5.11. The largest absolute Gasteiger partial charge is 0.508 e. The first kappa shape index (κ1) is 16.6. The number of rotatable bonds is 2. The maximum Gasteiger partial charge on any atom is 0.115 e. The van der Waals surface area contributed by atoms with E-state index in [1.54, 1.807) is 24.3 Å². The molecule has 0 bridgehead atoms. The summed E-state index contributed by atoms with van der Waals surface area (Å²) >= 11 is 0. The van der Waals surface area contributed by atoms with E-state index in [-0.39, 0.29) is 16.9 Å². The Balaban J connectivity index is 0.000000268. The molecule has 2 N–H and O–H groups in total. The van der Waals surface area contributed by atoms with Crippen molar-refractivity contribution in [2.45, 2.75) is 19.3 Å². The zero-order valence-corrected chi connectivity index (χ0v) is 13.5. The standard InChI is InChI=1S/C15H16O2.C6H6/c1-15(2,11-3-7-13(16)8-4-11)12-5-9-14(17)10-6-12;1-2-4-6-5-3-1/h3-10,16-17H,1-2H3;1-6H. The van der Waals surface area contributed by atoms with Gasteiger partial charge >= 0.3 is 0 Å². The highest BCUT2D eigenvalue weighted by molar-refractivity contribution is 5.41. The van der Waals surface area contributed by atoms with Crippen LogP contribution in [0.15, 0.2) is 84.9 Å². The van der Waals surface area contributed by atoms with Gasteiger partial charge in [-0.1, -0.05) is 74.5 Å². The van der Waals surface area contributed by atoms with Crippen LogP contribution in [0.2, 0.25) is 0 Å². The minimum Gasteiger partial charge on any atom is -0.508 e. The van der Waals surface area contributed by atoms with Crippen molar-refractivity contribution in [2.24, 2.45) is 0 Å². The third-order valence-corrected chi connectivity index (χ3v) is 3.84. The lowest BCUT2D eigenvalue weighted by molar-refractivity contribution is 0.474. The van der Waals surface area contributed by atoms with E-state index in [1.807, 2.05) is 60.7 Å². The van der Waals surface area contributed by atoms with Gasteiger partial charge in [-0.25, -0.2) is 0 Å². The molecule has 2 nitrogen and oxygen atoms in total. The van der Waals surface area contributed by atoms with Crippen LogP contribution in [0.25, 0.3) is 0 Å². The van der Waals surface area contributed by atoms with E-state index in [0.717, 1.165) is 11.1 Å². The molecule has 3 rings (SSSR count). The van der Waals surface area contributed by atoms with Gasteiger partial charge < -0.3 is 10.2 Å². The SMILES string of the molecule is CC(C)(c1ccc(O)cc1)c1ccc(O)cc1.c1ccccc1. The van der Waals surface area contributed by atoms with Crippen LogP contribution in [-0.4, -0.2) is 10.2 Å². The molecule has 0 spiro atoms. The monoisotopic (exact) mass is 306 g/mol. The Labute approximate surface area is 137 Å². The molecular formula is C21H22O2. The fourth-order valence-electron chi connectivity index (χ4n) is 2.31. The van der Waals surface area contributed by atoms with Crippen LogP contribution >= 0.6 is 0 Å². The van der Waals surface area contributed by atoms with Crippen molar-refractivity contribution in [2.75, 3.05) is 0 Å². The summed E-state index contributed by atoms with van der Waals surface area (Å²) in [7, 11) is 0. The van der Waals surface area contributed by atoms with E-state index in [2.05, 4.69) is 13.8 Å². The maximum absolute atomic E-state index is 9.30. The van der Waals surface area contributed by atoms with Gasteiger partial charge in [0, 0.05) is 5.41 Å². The lowest BCUT2D eigenvalue weighted by Gasteiger charge is -2.26. The van der Waals surface area contributed by atoms with Gasteiger partial charge in [0.25, 0.3) is 0 Å². The third-order valence-electron chi connectivity index (χ3n) is 3.84. The first-order valence-corrected chi connectivity index (χ1v) is 7.59. The van der Waals surface area contributed by atoms with Crippen molar-refractivity contribution in [1.29, 1.82) is 0 Å². The Kier molecular flexibility index (Phi) is 5.42. The van der Waals surface area contributed by atoms with Gasteiger partial charge in [0.15, 0.2) is 0 Å². The Morgan fingerprint density at radius 3 is 1.04 bits per heavy atom. The third kappa shape index (κ3) is 4.62. The molecule has 3 aromatic rings. The summed E-state index contributed by atoms with van der Waals surface area (Å²) in [4.78, 5) is 0. The summed E-state index contributed by atoms with van der Waals surface area (Å²) in [5.41, 5.74) is 2.10. The molecule has 0 saturated carbocycles. The molecule has 0 radical (unpaired) electrons. The van der Waals surface area contributed by atoms with Crippen LogP contribution in [0.4, 0.5) is 0 Å². The van der Waals surface area contributed by atoms with Gasteiger partial charge in [-0.15, -0.1) is 0 Å². The summed E-state index contributed by atoms with van der Waals surface area (Å²) in [5, 5.41) is 18.6. The molecule has 0 aliphatic carbocycles. The molecule has 3 aromatic carbocycles. The number of phenolic OH excluding ortho intramolecular Hbond substituents is 2. The number of benzene rings is 3. The minimum atomic E-state index is -0.151. The first-order chi connectivity index (χ1) is 11.0. The van der Waals surface area contributed by atoms with Crippen LogP contribution in [0.1, 0.15) is 25.0 Å². The molecule has 0 heterocycles. The minimum absolute atomic E-state index is 0.151. The van der Waals surface area contributed by atoms with Crippen LogP contribution in [0.3, 0.4) is 0 Å². The van der Waals surface area contributed by atoms with E-state index < -0.39 is 0 Å². The van der Waals surface area contributed by atoms with Crippen molar-refractivity contribution in [1.82, 2.24) is 0 Å². The van der Waals surface area contributed by atoms with Crippen molar-refractivity contribution in [3.05, 3.63) is 96.1 Å². The van der Waals surface area contributed by atoms with E-state index in [4.69, 9.17) is 0 Å². The van der Waals surface area contributed by atoms with Gasteiger partial charge in [0.2, 0.25) is 0 Å². The zero-order chi connectivity index (χ0) is 16.7. The quantitative estimate of drug-likeness (QED) is 0.690. The van der Waals surface area contributed by atoms with Crippen LogP contribution in [0.5, 0.6) is 11.5 Å². The summed E-state index contributed by atoms with van der Waals surface area (Å²) in [6.07, 6.45) is 0. The molecule has 0 aliphatic rings. The molecule has 0 atom stereocenters. The smallest absolute Gasteiger partial charge is 0.115 e. The van der Waals surface area contributed by atoms with Crippen LogP contribution in [-0.2, 0) is 5.41 Å². The lowest BCUT2D eigenvalue weighted by atomic mass is 9.78. The molecule has 0 aliphatic heterocycles. The fourth-order valence-corrected chi connectivity index (χ4v) is 2.31. The Morgan fingerprint density at radius 1 is 0.522 bits per heavy atom. The zero-order valence-electron chi connectivity index (χ0n) is 13.5. The topological polar surface area (TPSA) is 40.5 Å². The van der Waals surface area contributed by atoms with Gasteiger partial charge in [-0.05, 0) is 35.4 Å². The number of aromatic hydroxyl groups is 2. The van der Waals surface area contributed by atoms with Gasteiger partial charge in [0.05, 0.1) is 0 Å². The lowest BCUT2D eigenvalue weighted by Crippen LogP contribution is -2.18. The molecule has 0 saturated heterocycles. The Morgan fingerprint density at radius 2 is 0.783 bits per heavy atom. The highest BCUT2D eigenvalue weighted by Crippen LogP contribution is 2.32. The van der Waals surface area contributed by atoms with Gasteiger partial charge in [-0.2, -0.15) is 0 Å².